The molecule has 0 saturated carbocycles. The zero-order valence-electron chi connectivity index (χ0n) is 15.9. The summed E-state index contributed by atoms with van der Waals surface area (Å²) in [7, 11) is 0. The van der Waals surface area contributed by atoms with Crippen molar-refractivity contribution < 1.29 is 22.7 Å². The number of nitrogens with zero attached hydrogens (tertiary/aromatic N) is 3. The number of benzene rings is 1. The Bertz CT molecular complexity index is 900. The third-order valence-electron chi connectivity index (χ3n) is 4.50. The highest BCUT2D eigenvalue weighted by atomic mass is 35.5. The Morgan fingerprint density at radius 2 is 1.93 bits per heavy atom. The molecule has 1 aromatic heterocycles. The first-order valence-electron chi connectivity index (χ1n) is 9.04. The molecule has 6 nitrogen and oxygen atoms in total. The fourth-order valence-corrected chi connectivity index (χ4v) is 3.49. The van der Waals surface area contributed by atoms with E-state index in [1.165, 1.54) is 25.1 Å². The van der Waals surface area contributed by atoms with Crippen LogP contribution in [0.15, 0.2) is 24.3 Å². The van der Waals surface area contributed by atoms with E-state index in [2.05, 4.69) is 24.9 Å². The van der Waals surface area contributed by atoms with Gasteiger partial charge >= 0.3 is 6.36 Å². The maximum absolute atomic E-state index is 12.4. The van der Waals surface area contributed by atoms with Crippen LogP contribution < -0.4 is 15.0 Å². The Kier molecular flexibility index (Phi) is 6.16. The van der Waals surface area contributed by atoms with Crippen LogP contribution in [0.25, 0.3) is 11.3 Å². The van der Waals surface area contributed by atoms with Gasteiger partial charge in [-0.05, 0) is 38.0 Å². The van der Waals surface area contributed by atoms with E-state index in [0.717, 1.165) is 31.7 Å². The molecule has 0 spiro atoms. The van der Waals surface area contributed by atoms with Crippen molar-refractivity contribution in [2.24, 2.45) is 0 Å². The van der Waals surface area contributed by atoms with Gasteiger partial charge in [-0.1, -0.05) is 11.6 Å². The lowest BCUT2D eigenvalue weighted by atomic mass is 10.0. The Hall–Kier alpha value is -2.55. The highest BCUT2D eigenvalue weighted by Crippen LogP contribution is 2.34. The quantitative estimate of drug-likeness (QED) is 0.793. The van der Waals surface area contributed by atoms with Gasteiger partial charge in [0.15, 0.2) is 0 Å². The number of amides is 1. The van der Waals surface area contributed by atoms with Gasteiger partial charge in [-0.2, -0.15) is 0 Å². The first kappa shape index (κ1) is 21.2. The minimum Gasteiger partial charge on any atom is -0.404 e. The largest absolute Gasteiger partial charge is 0.573 e. The van der Waals surface area contributed by atoms with Crippen LogP contribution in [0.4, 0.5) is 19.0 Å². The number of carbonyl (C=O) groups excluding carboxylic acids is 1. The molecular formula is C19H20ClF3N4O2. The fraction of sp³-hybridized carbons (Fsp3) is 0.421. The number of rotatable bonds is 4. The van der Waals surface area contributed by atoms with Crippen molar-refractivity contribution in [2.45, 2.75) is 39.1 Å². The molecule has 1 amide bonds. The van der Waals surface area contributed by atoms with E-state index in [0.29, 0.717) is 17.1 Å². The van der Waals surface area contributed by atoms with E-state index in [9.17, 15) is 18.0 Å². The normalized spacial score (nSPS) is 15.3. The third-order valence-corrected chi connectivity index (χ3v) is 4.80. The van der Waals surface area contributed by atoms with E-state index in [1.54, 1.807) is 13.0 Å². The number of anilines is 1. The SMILES string of the molecule is CC(=O)NC1CCN(c2cc(-c3ccc(OC(F)(F)F)c(Cl)c3)nc(C)n2)CC1. The molecule has 1 N–H and O–H groups in total. The number of carbonyl (C=O) groups is 1. The maximum atomic E-state index is 12.4. The van der Waals surface area contributed by atoms with Crippen molar-refractivity contribution in [1.82, 2.24) is 15.3 Å². The van der Waals surface area contributed by atoms with Gasteiger partial charge in [0.25, 0.3) is 0 Å². The van der Waals surface area contributed by atoms with Crippen LogP contribution in [0.3, 0.4) is 0 Å². The summed E-state index contributed by atoms with van der Waals surface area (Å²) in [5, 5.41) is 2.77. The van der Waals surface area contributed by atoms with E-state index < -0.39 is 12.1 Å². The molecule has 0 bridgehead atoms. The number of hydrogen-bond donors (Lipinski definition) is 1. The van der Waals surface area contributed by atoms with E-state index in [4.69, 9.17) is 11.6 Å². The lowest BCUT2D eigenvalue weighted by molar-refractivity contribution is -0.274. The van der Waals surface area contributed by atoms with Crippen LogP contribution in [0, 0.1) is 6.92 Å². The summed E-state index contributed by atoms with van der Waals surface area (Å²) in [5.74, 6) is 0.751. The summed E-state index contributed by atoms with van der Waals surface area (Å²) < 4.78 is 41.2. The van der Waals surface area contributed by atoms with Crippen LogP contribution in [-0.4, -0.2) is 41.4 Å². The van der Waals surface area contributed by atoms with E-state index in [-0.39, 0.29) is 17.0 Å². The molecule has 0 aliphatic carbocycles. The average Bonchev–Trinajstić information content (AvgIpc) is 2.62. The minimum absolute atomic E-state index is 0.0431. The summed E-state index contributed by atoms with van der Waals surface area (Å²) in [6.07, 6.45) is -3.21. The van der Waals surface area contributed by atoms with Crippen molar-refractivity contribution >= 4 is 23.3 Å². The molecule has 0 radical (unpaired) electrons. The van der Waals surface area contributed by atoms with Gasteiger partial charge in [0.2, 0.25) is 5.91 Å². The number of aromatic nitrogens is 2. The van der Waals surface area contributed by atoms with Crippen molar-refractivity contribution in [2.75, 3.05) is 18.0 Å². The number of ether oxygens (including phenoxy) is 1. The molecule has 156 valence electrons. The minimum atomic E-state index is -4.81. The lowest BCUT2D eigenvalue weighted by Crippen LogP contribution is -2.44. The molecule has 1 fully saturated rings. The zero-order chi connectivity index (χ0) is 21.2. The first-order valence-corrected chi connectivity index (χ1v) is 9.42. The average molecular weight is 429 g/mol. The molecule has 1 aliphatic heterocycles. The molecule has 10 heteroatoms. The Balaban J connectivity index is 1.79. The second-order valence-electron chi connectivity index (χ2n) is 6.81. The van der Waals surface area contributed by atoms with E-state index in [1.807, 2.05) is 0 Å². The molecule has 1 saturated heterocycles. The van der Waals surface area contributed by atoms with E-state index >= 15 is 0 Å². The summed E-state index contributed by atoms with van der Waals surface area (Å²) in [6, 6.07) is 5.95. The molecule has 3 rings (SSSR count). The van der Waals surface area contributed by atoms with Gasteiger partial charge in [0.1, 0.15) is 17.4 Å². The first-order chi connectivity index (χ1) is 13.6. The smallest absolute Gasteiger partial charge is 0.404 e. The molecule has 2 heterocycles. The molecule has 2 aromatic rings. The second kappa shape index (κ2) is 8.44. The topological polar surface area (TPSA) is 67.4 Å². The predicted molar refractivity (Wildman–Crippen MR) is 103 cm³/mol. The Morgan fingerprint density at radius 1 is 1.24 bits per heavy atom. The maximum Gasteiger partial charge on any atom is 0.573 e. The third kappa shape index (κ3) is 5.72. The standard InChI is InChI=1S/C19H20ClF3N4O2/c1-11-24-16(13-3-4-17(15(20)9-13)29-19(21,22)23)10-18(25-11)27-7-5-14(6-8-27)26-12(2)28/h3-4,9-10,14H,5-8H2,1-2H3,(H,26,28). The second-order valence-corrected chi connectivity index (χ2v) is 7.22. The highest BCUT2D eigenvalue weighted by Gasteiger charge is 2.32. The van der Waals surface area contributed by atoms with Crippen LogP contribution in [0.5, 0.6) is 5.75 Å². The number of piperidine rings is 1. The van der Waals surface area contributed by atoms with Crippen molar-refractivity contribution in [1.29, 1.82) is 0 Å². The summed E-state index contributed by atoms with van der Waals surface area (Å²) in [4.78, 5) is 22.2. The molecular weight excluding hydrogens is 409 g/mol. The van der Waals surface area contributed by atoms with Gasteiger partial charge in [-0.15, -0.1) is 13.2 Å². The number of halogens is 4. The molecule has 1 aliphatic rings. The number of hydrogen-bond acceptors (Lipinski definition) is 5. The van der Waals surface area contributed by atoms with Gasteiger partial charge in [-0.25, -0.2) is 9.97 Å². The van der Waals surface area contributed by atoms with Gasteiger partial charge in [0, 0.05) is 37.7 Å². The summed E-state index contributed by atoms with van der Waals surface area (Å²) in [5.41, 5.74) is 1.11. The van der Waals surface area contributed by atoms with Gasteiger partial charge in [-0.3, -0.25) is 4.79 Å². The van der Waals surface area contributed by atoms with Gasteiger partial charge < -0.3 is 15.0 Å². The number of nitrogens with one attached hydrogen (secondary N) is 1. The number of aryl methyl sites for hydroxylation is 1. The highest BCUT2D eigenvalue weighted by molar-refractivity contribution is 6.32. The lowest BCUT2D eigenvalue weighted by Gasteiger charge is -2.33. The van der Waals surface area contributed by atoms with Crippen LogP contribution in [0.1, 0.15) is 25.6 Å². The summed E-state index contributed by atoms with van der Waals surface area (Å²) in [6.45, 7) is 4.70. The molecule has 0 atom stereocenters. The Morgan fingerprint density at radius 3 is 2.52 bits per heavy atom. The van der Waals surface area contributed by atoms with Crippen molar-refractivity contribution in [3.63, 3.8) is 0 Å². The monoisotopic (exact) mass is 428 g/mol. The van der Waals surface area contributed by atoms with Gasteiger partial charge in [0.05, 0.1) is 10.7 Å². The summed E-state index contributed by atoms with van der Waals surface area (Å²) >= 11 is 5.96. The molecule has 29 heavy (non-hydrogen) atoms. The molecule has 1 aromatic carbocycles. The zero-order valence-corrected chi connectivity index (χ0v) is 16.6. The predicted octanol–water partition coefficient (Wildman–Crippen LogP) is 4.11. The van der Waals surface area contributed by atoms with Crippen LogP contribution >= 0.6 is 11.6 Å². The fourth-order valence-electron chi connectivity index (χ4n) is 3.27. The number of alkyl halides is 3. The van der Waals surface area contributed by atoms with Crippen LogP contribution in [0.2, 0.25) is 5.02 Å². The van der Waals surface area contributed by atoms with Crippen molar-refractivity contribution in [3.05, 3.63) is 35.1 Å². The molecule has 0 unspecified atom stereocenters. The Labute approximate surface area is 171 Å². The van der Waals surface area contributed by atoms with Crippen molar-refractivity contribution in [3.8, 4) is 17.0 Å². The van der Waals surface area contributed by atoms with Crippen LogP contribution in [-0.2, 0) is 4.79 Å².